The summed E-state index contributed by atoms with van der Waals surface area (Å²) in [5.74, 6) is -1.04. The Balaban J connectivity index is 2.32. The Morgan fingerprint density at radius 3 is 3.00 bits per heavy atom. The van der Waals surface area contributed by atoms with Gasteiger partial charge in [-0.05, 0) is 24.6 Å². The van der Waals surface area contributed by atoms with Crippen LogP contribution in [0.5, 0.6) is 0 Å². The largest absolute Gasteiger partial charge is 0.476 e. The lowest BCUT2D eigenvalue weighted by molar-refractivity contribution is 0.0691. The van der Waals surface area contributed by atoms with Crippen molar-refractivity contribution in [1.29, 1.82) is 0 Å². The number of carboxylic acids is 1. The first kappa shape index (κ1) is 13.2. The molecular formula is C13H15N3O3. The van der Waals surface area contributed by atoms with Gasteiger partial charge in [-0.3, -0.25) is 4.68 Å². The van der Waals surface area contributed by atoms with Crippen molar-refractivity contribution in [3.05, 3.63) is 36.3 Å². The summed E-state index contributed by atoms with van der Waals surface area (Å²) in [5.41, 5.74) is 1.36. The SMILES string of the molecule is COCCCn1nccc1-c1cccnc1C(=O)O. The summed E-state index contributed by atoms with van der Waals surface area (Å²) < 4.78 is 6.77. The van der Waals surface area contributed by atoms with Crippen LogP contribution in [0.3, 0.4) is 0 Å². The van der Waals surface area contributed by atoms with Crippen LogP contribution in [0.15, 0.2) is 30.6 Å². The molecular weight excluding hydrogens is 246 g/mol. The molecule has 0 aliphatic rings. The Hall–Kier alpha value is -2.21. The standard InChI is InChI=1S/C13H15N3O3/c1-19-9-3-8-16-11(5-7-15-16)10-4-2-6-14-12(10)13(17)18/h2,4-7H,3,8-9H2,1H3,(H,17,18). The van der Waals surface area contributed by atoms with Gasteiger partial charge in [0.1, 0.15) is 0 Å². The second-order valence-corrected chi connectivity index (χ2v) is 3.99. The fourth-order valence-corrected chi connectivity index (χ4v) is 1.88. The highest BCUT2D eigenvalue weighted by Gasteiger charge is 2.15. The smallest absolute Gasteiger partial charge is 0.355 e. The Morgan fingerprint density at radius 2 is 2.26 bits per heavy atom. The maximum Gasteiger partial charge on any atom is 0.355 e. The minimum Gasteiger partial charge on any atom is -0.476 e. The van der Waals surface area contributed by atoms with E-state index in [0.29, 0.717) is 18.7 Å². The first-order valence-corrected chi connectivity index (χ1v) is 5.93. The van der Waals surface area contributed by atoms with E-state index in [-0.39, 0.29) is 5.69 Å². The average Bonchev–Trinajstić information content (AvgIpc) is 2.87. The van der Waals surface area contributed by atoms with E-state index in [4.69, 9.17) is 9.84 Å². The lowest BCUT2D eigenvalue weighted by Gasteiger charge is -2.09. The monoisotopic (exact) mass is 261 g/mol. The molecule has 2 aromatic heterocycles. The zero-order valence-electron chi connectivity index (χ0n) is 10.6. The average molecular weight is 261 g/mol. The van der Waals surface area contributed by atoms with Gasteiger partial charge >= 0.3 is 5.97 Å². The number of hydrogen-bond donors (Lipinski definition) is 1. The van der Waals surface area contributed by atoms with E-state index in [1.807, 2.05) is 0 Å². The van der Waals surface area contributed by atoms with E-state index in [9.17, 15) is 4.79 Å². The zero-order chi connectivity index (χ0) is 13.7. The Bertz CT molecular complexity index is 566. The van der Waals surface area contributed by atoms with Gasteiger partial charge < -0.3 is 9.84 Å². The molecule has 0 spiro atoms. The molecule has 0 bridgehead atoms. The molecule has 100 valence electrons. The molecule has 0 amide bonds. The first-order chi connectivity index (χ1) is 9.24. The topological polar surface area (TPSA) is 77.2 Å². The highest BCUT2D eigenvalue weighted by Crippen LogP contribution is 2.22. The van der Waals surface area contributed by atoms with Crippen LogP contribution in [-0.2, 0) is 11.3 Å². The van der Waals surface area contributed by atoms with E-state index in [2.05, 4.69) is 10.1 Å². The molecule has 0 aliphatic heterocycles. The molecule has 2 rings (SSSR count). The number of nitrogens with zero attached hydrogens (tertiary/aromatic N) is 3. The molecule has 0 radical (unpaired) electrons. The van der Waals surface area contributed by atoms with Gasteiger partial charge in [0.25, 0.3) is 0 Å². The third kappa shape index (κ3) is 2.97. The summed E-state index contributed by atoms with van der Waals surface area (Å²) in [5, 5.41) is 13.4. The van der Waals surface area contributed by atoms with Crippen LogP contribution in [0.1, 0.15) is 16.9 Å². The van der Waals surface area contributed by atoms with E-state index >= 15 is 0 Å². The Morgan fingerprint density at radius 1 is 1.42 bits per heavy atom. The fourth-order valence-electron chi connectivity index (χ4n) is 1.88. The molecule has 0 saturated heterocycles. The summed E-state index contributed by atoms with van der Waals surface area (Å²) in [4.78, 5) is 15.1. The van der Waals surface area contributed by atoms with Crippen LogP contribution >= 0.6 is 0 Å². The van der Waals surface area contributed by atoms with E-state index in [1.54, 1.807) is 36.2 Å². The Labute approximate surface area is 110 Å². The van der Waals surface area contributed by atoms with Crippen molar-refractivity contribution in [1.82, 2.24) is 14.8 Å². The number of aromatic carboxylic acids is 1. The fraction of sp³-hybridized carbons (Fsp3) is 0.308. The number of ether oxygens (including phenoxy) is 1. The van der Waals surface area contributed by atoms with E-state index < -0.39 is 5.97 Å². The number of carboxylic acid groups (broad SMARTS) is 1. The van der Waals surface area contributed by atoms with Crippen LogP contribution in [0.25, 0.3) is 11.3 Å². The van der Waals surface area contributed by atoms with Gasteiger partial charge in [-0.2, -0.15) is 5.10 Å². The second kappa shape index (κ2) is 6.10. The molecule has 2 heterocycles. The van der Waals surface area contributed by atoms with Gasteiger partial charge in [-0.1, -0.05) is 0 Å². The predicted octanol–water partition coefficient (Wildman–Crippen LogP) is 1.68. The van der Waals surface area contributed by atoms with Gasteiger partial charge in [0.2, 0.25) is 0 Å². The second-order valence-electron chi connectivity index (χ2n) is 3.99. The summed E-state index contributed by atoms with van der Waals surface area (Å²) in [6, 6.07) is 5.24. The van der Waals surface area contributed by atoms with Gasteiger partial charge in [0.05, 0.1) is 5.69 Å². The van der Waals surface area contributed by atoms with Crippen LogP contribution in [-0.4, -0.2) is 39.6 Å². The molecule has 0 saturated carbocycles. The summed E-state index contributed by atoms with van der Waals surface area (Å²) in [6.07, 6.45) is 3.94. The summed E-state index contributed by atoms with van der Waals surface area (Å²) in [7, 11) is 1.65. The van der Waals surface area contributed by atoms with Gasteiger partial charge in [-0.15, -0.1) is 0 Å². The molecule has 0 fully saturated rings. The lowest BCUT2D eigenvalue weighted by atomic mass is 10.1. The molecule has 19 heavy (non-hydrogen) atoms. The third-order valence-electron chi connectivity index (χ3n) is 2.72. The van der Waals surface area contributed by atoms with Crippen molar-refractivity contribution in [2.45, 2.75) is 13.0 Å². The predicted molar refractivity (Wildman–Crippen MR) is 68.9 cm³/mol. The van der Waals surface area contributed by atoms with Crippen LogP contribution in [0.2, 0.25) is 0 Å². The van der Waals surface area contributed by atoms with Crippen LogP contribution in [0.4, 0.5) is 0 Å². The normalized spacial score (nSPS) is 10.6. The molecule has 0 aliphatic carbocycles. The highest BCUT2D eigenvalue weighted by atomic mass is 16.5. The van der Waals surface area contributed by atoms with Crippen molar-refractivity contribution in [2.24, 2.45) is 0 Å². The van der Waals surface area contributed by atoms with Gasteiger partial charge in [-0.25, -0.2) is 9.78 Å². The van der Waals surface area contributed by atoms with Crippen molar-refractivity contribution in [2.75, 3.05) is 13.7 Å². The number of rotatable bonds is 6. The number of hydrogen-bond acceptors (Lipinski definition) is 4. The number of carbonyl (C=O) groups is 1. The summed E-state index contributed by atoms with van der Waals surface area (Å²) in [6.45, 7) is 1.31. The number of aromatic nitrogens is 3. The van der Waals surface area contributed by atoms with E-state index in [0.717, 1.165) is 12.1 Å². The highest BCUT2D eigenvalue weighted by molar-refractivity contribution is 5.93. The van der Waals surface area contributed by atoms with E-state index in [1.165, 1.54) is 6.20 Å². The third-order valence-corrected chi connectivity index (χ3v) is 2.72. The van der Waals surface area contributed by atoms with Crippen molar-refractivity contribution in [3.8, 4) is 11.3 Å². The number of methoxy groups -OCH3 is 1. The maximum absolute atomic E-state index is 11.2. The minimum atomic E-state index is -1.04. The summed E-state index contributed by atoms with van der Waals surface area (Å²) >= 11 is 0. The minimum absolute atomic E-state index is 0.0380. The molecule has 2 aromatic rings. The maximum atomic E-state index is 11.2. The zero-order valence-corrected chi connectivity index (χ0v) is 10.6. The van der Waals surface area contributed by atoms with Crippen molar-refractivity contribution >= 4 is 5.97 Å². The number of aryl methyl sites for hydroxylation is 1. The molecule has 0 atom stereocenters. The first-order valence-electron chi connectivity index (χ1n) is 5.93. The molecule has 6 heteroatoms. The van der Waals surface area contributed by atoms with Gasteiger partial charge in [0.15, 0.2) is 5.69 Å². The van der Waals surface area contributed by atoms with Gasteiger partial charge in [0, 0.05) is 38.2 Å². The van der Waals surface area contributed by atoms with Crippen LogP contribution in [0, 0.1) is 0 Å². The molecule has 0 unspecified atom stereocenters. The molecule has 0 aromatic carbocycles. The molecule has 1 N–H and O–H groups in total. The Kier molecular flexibility index (Phi) is 4.25. The molecule has 6 nitrogen and oxygen atoms in total. The number of pyridine rings is 1. The quantitative estimate of drug-likeness (QED) is 0.800. The van der Waals surface area contributed by atoms with Crippen molar-refractivity contribution in [3.63, 3.8) is 0 Å². The van der Waals surface area contributed by atoms with Crippen molar-refractivity contribution < 1.29 is 14.6 Å². The lowest BCUT2D eigenvalue weighted by Crippen LogP contribution is -2.08. The van der Waals surface area contributed by atoms with Crippen LogP contribution < -0.4 is 0 Å².